The highest BCUT2D eigenvalue weighted by Gasteiger charge is 2.57. The van der Waals surface area contributed by atoms with Gasteiger partial charge in [-0.3, -0.25) is 14.3 Å². The monoisotopic (exact) mass is 497 g/mol. The van der Waals surface area contributed by atoms with E-state index < -0.39 is 37.0 Å². The molecule has 0 amide bonds. The highest BCUT2D eigenvalue weighted by atomic mass is 31.1. The van der Waals surface area contributed by atoms with Gasteiger partial charge >= 0.3 is 5.97 Å². The van der Waals surface area contributed by atoms with E-state index in [9.17, 15) is 28.9 Å². The van der Waals surface area contributed by atoms with Crippen molar-refractivity contribution in [1.82, 2.24) is 4.98 Å². The molecule has 2 aromatic carbocycles. The second-order valence-corrected chi connectivity index (χ2v) is 10.8. The number of aliphatic hydroxyl groups is 1. The number of pyridine rings is 1. The SMILES string of the molecule is Cc1c(-c2ccccc2)ncc(C(CC2CC2)C(C(=O)O)(C(C)O)[PH](=O)O)c1-c1ccc(F)cc1. The fourth-order valence-electron chi connectivity index (χ4n) is 5.06. The van der Waals surface area contributed by atoms with Crippen molar-refractivity contribution in [2.24, 2.45) is 5.92 Å². The lowest BCUT2D eigenvalue weighted by Gasteiger charge is -2.38. The molecular formula is C27H29FNO5P. The van der Waals surface area contributed by atoms with Gasteiger partial charge in [-0.2, -0.15) is 0 Å². The molecule has 0 bridgehead atoms. The molecule has 1 aliphatic carbocycles. The van der Waals surface area contributed by atoms with Crippen molar-refractivity contribution in [2.75, 3.05) is 0 Å². The minimum atomic E-state index is -3.76. The number of hydrogen-bond acceptors (Lipinski definition) is 4. The number of nitrogens with zero attached hydrogens (tertiary/aromatic N) is 1. The Balaban J connectivity index is 2.03. The van der Waals surface area contributed by atoms with Crippen LogP contribution in [0, 0.1) is 18.7 Å². The van der Waals surface area contributed by atoms with Crippen molar-refractivity contribution in [1.29, 1.82) is 0 Å². The minimum Gasteiger partial charge on any atom is -0.480 e. The lowest BCUT2D eigenvalue weighted by Crippen LogP contribution is -2.50. The number of hydrogen-bond donors (Lipinski definition) is 3. The van der Waals surface area contributed by atoms with Crippen molar-refractivity contribution in [3.05, 3.63) is 77.7 Å². The van der Waals surface area contributed by atoms with Crippen LogP contribution in [0.3, 0.4) is 0 Å². The molecular weight excluding hydrogens is 468 g/mol. The lowest BCUT2D eigenvalue weighted by atomic mass is 9.75. The Hall–Kier alpha value is -2.86. The summed E-state index contributed by atoms with van der Waals surface area (Å²) in [7, 11) is -3.76. The fourth-order valence-corrected chi connectivity index (χ4v) is 6.18. The Bertz CT molecular complexity index is 1230. The molecule has 0 radical (unpaired) electrons. The predicted octanol–water partition coefficient (Wildman–Crippen LogP) is 5.42. The van der Waals surface area contributed by atoms with E-state index in [4.69, 9.17) is 0 Å². The number of carboxylic acid groups (broad SMARTS) is 1. The molecule has 3 aromatic rings. The first-order valence-electron chi connectivity index (χ1n) is 11.6. The zero-order valence-corrected chi connectivity index (χ0v) is 20.6. The van der Waals surface area contributed by atoms with Crippen LogP contribution in [0.2, 0.25) is 0 Å². The van der Waals surface area contributed by atoms with Crippen LogP contribution in [0.15, 0.2) is 60.8 Å². The molecule has 4 unspecified atom stereocenters. The van der Waals surface area contributed by atoms with Crippen molar-refractivity contribution < 1.29 is 28.9 Å². The smallest absolute Gasteiger partial charge is 0.322 e. The van der Waals surface area contributed by atoms with E-state index in [0.29, 0.717) is 28.8 Å². The van der Waals surface area contributed by atoms with Gasteiger partial charge in [-0.1, -0.05) is 55.3 Å². The quantitative estimate of drug-likeness (QED) is 0.341. The first kappa shape index (κ1) is 25.2. The number of aromatic nitrogens is 1. The van der Waals surface area contributed by atoms with E-state index in [1.54, 1.807) is 18.3 Å². The van der Waals surface area contributed by atoms with Gasteiger partial charge in [0, 0.05) is 17.7 Å². The number of carboxylic acids is 1. The predicted molar refractivity (Wildman–Crippen MR) is 133 cm³/mol. The molecule has 1 saturated carbocycles. The summed E-state index contributed by atoms with van der Waals surface area (Å²) in [6, 6.07) is 15.4. The van der Waals surface area contributed by atoms with E-state index in [0.717, 1.165) is 24.0 Å². The third-order valence-electron chi connectivity index (χ3n) is 7.09. The summed E-state index contributed by atoms with van der Waals surface area (Å²) in [5.41, 5.74) is 4.02. The second-order valence-electron chi connectivity index (χ2n) is 9.32. The third-order valence-corrected chi connectivity index (χ3v) is 8.78. The highest BCUT2D eigenvalue weighted by Crippen LogP contribution is 2.56. The van der Waals surface area contributed by atoms with Crippen LogP contribution in [0.5, 0.6) is 0 Å². The van der Waals surface area contributed by atoms with Gasteiger partial charge in [0.15, 0.2) is 5.16 Å². The van der Waals surface area contributed by atoms with E-state index in [1.807, 2.05) is 37.3 Å². The molecule has 1 aliphatic rings. The Morgan fingerprint density at radius 1 is 1.14 bits per heavy atom. The average molecular weight is 498 g/mol. The van der Waals surface area contributed by atoms with Crippen molar-refractivity contribution in [3.8, 4) is 22.4 Å². The summed E-state index contributed by atoms with van der Waals surface area (Å²) in [4.78, 5) is 27.7. The largest absolute Gasteiger partial charge is 0.480 e. The normalized spacial score (nSPS) is 17.9. The topological polar surface area (TPSA) is 108 Å². The number of aliphatic carboxylic acids is 1. The van der Waals surface area contributed by atoms with E-state index in [-0.39, 0.29) is 5.92 Å². The maximum Gasteiger partial charge on any atom is 0.322 e. The van der Waals surface area contributed by atoms with Gasteiger partial charge in [0.1, 0.15) is 5.82 Å². The summed E-state index contributed by atoms with van der Waals surface area (Å²) in [5.74, 6) is -2.71. The summed E-state index contributed by atoms with van der Waals surface area (Å²) >= 11 is 0. The van der Waals surface area contributed by atoms with Crippen molar-refractivity contribution in [2.45, 2.75) is 50.3 Å². The van der Waals surface area contributed by atoms with Gasteiger partial charge in [-0.05, 0) is 60.6 Å². The first-order valence-corrected chi connectivity index (χ1v) is 13.0. The molecule has 1 aromatic heterocycles. The lowest BCUT2D eigenvalue weighted by molar-refractivity contribution is -0.144. The standard InChI is InChI=1S/C27H29FNO5P/c1-16-24(19-10-12-21(28)13-11-19)22(15-29-25(16)20-6-4-3-5-7-20)23(14-18-8-9-18)27(17(2)30,26(31)32)35(33)34/h3-7,10-13,15,17-18,23,30,35H,8-9,14H2,1-2H3,(H,31,32)(H,33,34). The molecule has 0 aliphatic heterocycles. The number of carbonyl (C=O) groups is 1. The third kappa shape index (κ3) is 4.68. The molecule has 8 heteroatoms. The summed E-state index contributed by atoms with van der Waals surface area (Å²) in [5, 5.41) is 18.7. The van der Waals surface area contributed by atoms with Crippen LogP contribution in [0.25, 0.3) is 22.4 Å². The van der Waals surface area contributed by atoms with Crippen molar-refractivity contribution in [3.63, 3.8) is 0 Å². The van der Waals surface area contributed by atoms with E-state index >= 15 is 0 Å². The Labute approximate surface area is 204 Å². The number of halogens is 1. The summed E-state index contributed by atoms with van der Waals surface area (Å²) < 4.78 is 26.6. The van der Waals surface area contributed by atoms with Crippen LogP contribution < -0.4 is 0 Å². The van der Waals surface area contributed by atoms with Crippen LogP contribution >= 0.6 is 8.03 Å². The van der Waals surface area contributed by atoms with Gasteiger partial charge in [0.25, 0.3) is 0 Å². The Kier molecular flexibility index (Phi) is 7.22. The molecule has 6 nitrogen and oxygen atoms in total. The molecule has 35 heavy (non-hydrogen) atoms. The zero-order valence-electron chi connectivity index (χ0n) is 19.6. The number of benzene rings is 2. The minimum absolute atomic E-state index is 0.189. The first-order chi connectivity index (χ1) is 16.7. The van der Waals surface area contributed by atoms with Gasteiger partial charge < -0.3 is 15.1 Å². The number of aliphatic hydroxyl groups excluding tert-OH is 1. The van der Waals surface area contributed by atoms with Gasteiger partial charge in [0.05, 0.1) is 11.8 Å². The van der Waals surface area contributed by atoms with E-state index in [1.165, 1.54) is 19.1 Å². The molecule has 4 rings (SSSR count). The molecule has 4 atom stereocenters. The van der Waals surface area contributed by atoms with Crippen molar-refractivity contribution >= 4 is 14.0 Å². The highest BCUT2D eigenvalue weighted by molar-refractivity contribution is 7.41. The Morgan fingerprint density at radius 3 is 2.29 bits per heavy atom. The van der Waals surface area contributed by atoms with E-state index in [2.05, 4.69) is 4.98 Å². The van der Waals surface area contributed by atoms with Crippen LogP contribution in [-0.4, -0.2) is 37.3 Å². The molecule has 0 spiro atoms. The Morgan fingerprint density at radius 2 is 1.77 bits per heavy atom. The molecule has 1 fully saturated rings. The molecule has 1 heterocycles. The maximum absolute atomic E-state index is 13.8. The summed E-state index contributed by atoms with van der Waals surface area (Å²) in [6.45, 7) is 3.11. The fraction of sp³-hybridized carbons (Fsp3) is 0.333. The second kappa shape index (κ2) is 10.0. The molecule has 184 valence electrons. The van der Waals surface area contributed by atoms with Gasteiger partial charge in [-0.25, -0.2) is 4.39 Å². The van der Waals surface area contributed by atoms with Crippen LogP contribution in [-0.2, 0) is 9.36 Å². The summed E-state index contributed by atoms with van der Waals surface area (Å²) in [6.07, 6.45) is 2.08. The average Bonchev–Trinajstić information content (AvgIpc) is 3.63. The molecule has 0 saturated heterocycles. The van der Waals surface area contributed by atoms with Gasteiger partial charge in [-0.15, -0.1) is 0 Å². The van der Waals surface area contributed by atoms with Crippen LogP contribution in [0.1, 0.15) is 43.2 Å². The van der Waals surface area contributed by atoms with Crippen LogP contribution in [0.4, 0.5) is 4.39 Å². The van der Waals surface area contributed by atoms with Gasteiger partial charge in [0.2, 0.25) is 8.03 Å². The molecule has 3 N–H and O–H groups in total. The number of rotatable bonds is 9. The zero-order chi connectivity index (χ0) is 25.3. The maximum atomic E-state index is 13.8.